The Labute approximate surface area is 112 Å². The van der Waals surface area contributed by atoms with E-state index in [2.05, 4.69) is 19.2 Å². The molecule has 0 aromatic heterocycles. The van der Waals surface area contributed by atoms with Crippen molar-refractivity contribution in [2.45, 2.75) is 70.7 Å². The first kappa shape index (κ1) is 15.9. The van der Waals surface area contributed by atoms with Gasteiger partial charge < -0.3 is 5.32 Å². The second kappa shape index (κ2) is 6.87. The number of nitrogens with zero attached hydrogens (tertiary/aromatic N) is 1. The van der Waals surface area contributed by atoms with E-state index in [9.17, 15) is 8.42 Å². The third kappa shape index (κ3) is 3.68. The lowest BCUT2D eigenvalue weighted by molar-refractivity contribution is 0.207. The summed E-state index contributed by atoms with van der Waals surface area (Å²) in [4.78, 5) is 0. The van der Waals surface area contributed by atoms with Crippen LogP contribution in [0.4, 0.5) is 0 Å². The van der Waals surface area contributed by atoms with Crippen LogP contribution in [0.5, 0.6) is 0 Å². The highest BCUT2D eigenvalue weighted by atomic mass is 32.2. The lowest BCUT2D eigenvalue weighted by atomic mass is 9.99. The fourth-order valence-electron chi connectivity index (χ4n) is 2.53. The van der Waals surface area contributed by atoms with Crippen LogP contribution in [0.2, 0.25) is 0 Å². The zero-order valence-corrected chi connectivity index (χ0v) is 13.0. The van der Waals surface area contributed by atoms with Crippen LogP contribution in [0.1, 0.15) is 53.4 Å². The van der Waals surface area contributed by atoms with Gasteiger partial charge in [-0.05, 0) is 46.6 Å². The van der Waals surface area contributed by atoms with E-state index >= 15 is 0 Å². The second-order valence-electron chi connectivity index (χ2n) is 5.51. The van der Waals surface area contributed by atoms with Gasteiger partial charge in [0.2, 0.25) is 10.0 Å². The molecule has 0 aromatic rings. The van der Waals surface area contributed by atoms with Gasteiger partial charge in [-0.15, -0.1) is 0 Å². The number of rotatable bonds is 6. The van der Waals surface area contributed by atoms with E-state index in [4.69, 9.17) is 0 Å². The highest BCUT2D eigenvalue weighted by Gasteiger charge is 2.36. The Morgan fingerprint density at radius 1 is 1.28 bits per heavy atom. The zero-order chi connectivity index (χ0) is 13.8. The quantitative estimate of drug-likeness (QED) is 0.807. The SMILES string of the molecule is CCCNC(C)C1CCCCN1S(=O)(=O)C(C)C. The summed E-state index contributed by atoms with van der Waals surface area (Å²) >= 11 is 0. The van der Waals surface area contributed by atoms with Crippen molar-refractivity contribution in [1.82, 2.24) is 9.62 Å². The van der Waals surface area contributed by atoms with E-state index in [1.54, 1.807) is 18.2 Å². The molecule has 2 atom stereocenters. The molecule has 1 rings (SSSR count). The highest BCUT2D eigenvalue weighted by Crippen LogP contribution is 2.25. The Morgan fingerprint density at radius 2 is 1.94 bits per heavy atom. The Hall–Kier alpha value is -0.130. The molecule has 1 fully saturated rings. The van der Waals surface area contributed by atoms with Gasteiger partial charge in [0.1, 0.15) is 0 Å². The van der Waals surface area contributed by atoms with Crippen LogP contribution in [-0.4, -0.2) is 43.1 Å². The molecule has 0 bridgehead atoms. The minimum atomic E-state index is -3.13. The number of sulfonamides is 1. The van der Waals surface area contributed by atoms with Crippen LogP contribution in [-0.2, 0) is 10.0 Å². The molecule has 0 aromatic carbocycles. The average molecular weight is 276 g/mol. The summed E-state index contributed by atoms with van der Waals surface area (Å²) in [5.41, 5.74) is 0. The van der Waals surface area contributed by atoms with Gasteiger partial charge in [0.15, 0.2) is 0 Å². The molecule has 1 N–H and O–H groups in total. The van der Waals surface area contributed by atoms with Gasteiger partial charge in [-0.2, -0.15) is 4.31 Å². The van der Waals surface area contributed by atoms with Gasteiger partial charge in [0, 0.05) is 18.6 Å². The van der Waals surface area contributed by atoms with Crippen molar-refractivity contribution >= 4 is 10.0 Å². The molecule has 0 radical (unpaired) electrons. The van der Waals surface area contributed by atoms with Crippen molar-refractivity contribution in [1.29, 1.82) is 0 Å². The van der Waals surface area contributed by atoms with E-state index in [0.29, 0.717) is 6.54 Å². The zero-order valence-electron chi connectivity index (χ0n) is 12.1. The largest absolute Gasteiger partial charge is 0.313 e. The van der Waals surface area contributed by atoms with Crippen molar-refractivity contribution in [3.05, 3.63) is 0 Å². The minimum Gasteiger partial charge on any atom is -0.313 e. The fraction of sp³-hybridized carbons (Fsp3) is 1.00. The standard InChI is InChI=1S/C13H28N2O2S/c1-5-9-14-12(4)13-8-6-7-10-15(13)18(16,17)11(2)3/h11-14H,5-10H2,1-4H3. The lowest BCUT2D eigenvalue weighted by Gasteiger charge is -2.39. The Bertz CT molecular complexity index is 341. The topological polar surface area (TPSA) is 49.4 Å². The van der Waals surface area contributed by atoms with Crippen molar-refractivity contribution < 1.29 is 8.42 Å². The molecule has 0 aliphatic carbocycles. The van der Waals surface area contributed by atoms with Gasteiger partial charge in [-0.1, -0.05) is 13.3 Å². The van der Waals surface area contributed by atoms with Gasteiger partial charge in [-0.25, -0.2) is 8.42 Å². The van der Waals surface area contributed by atoms with Crippen LogP contribution in [0.3, 0.4) is 0 Å². The minimum absolute atomic E-state index is 0.123. The van der Waals surface area contributed by atoms with Crippen molar-refractivity contribution in [2.75, 3.05) is 13.1 Å². The van der Waals surface area contributed by atoms with Crippen molar-refractivity contribution in [3.63, 3.8) is 0 Å². The molecule has 4 nitrogen and oxygen atoms in total. The molecule has 1 saturated heterocycles. The van der Waals surface area contributed by atoms with E-state index in [1.165, 1.54) is 0 Å². The molecule has 1 aliphatic heterocycles. The first-order valence-electron chi connectivity index (χ1n) is 7.15. The smallest absolute Gasteiger partial charge is 0.216 e. The normalized spacial score (nSPS) is 24.4. The number of hydrogen-bond acceptors (Lipinski definition) is 3. The predicted molar refractivity (Wildman–Crippen MR) is 76.2 cm³/mol. The van der Waals surface area contributed by atoms with E-state index in [0.717, 1.165) is 32.2 Å². The Balaban J connectivity index is 2.80. The van der Waals surface area contributed by atoms with Crippen LogP contribution in [0.25, 0.3) is 0 Å². The molecule has 0 saturated carbocycles. The summed E-state index contributed by atoms with van der Waals surface area (Å²) in [6, 6.07) is 0.358. The third-order valence-corrected chi connectivity index (χ3v) is 6.01. The van der Waals surface area contributed by atoms with E-state index < -0.39 is 10.0 Å². The summed E-state index contributed by atoms with van der Waals surface area (Å²) < 4.78 is 26.5. The van der Waals surface area contributed by atoms with E-state index in [-0.39, 0.29) is 17.3 Å². The Kier molecular flexibility index (Phi) is 6.08. The maximum atomic E-state index is 12.4. The molecule has 1 aliphatic rings. The van der Waals surface area contributed by atoms with Gasteiger partial charge in [0.05, 0.1) is 5.25 Å². The Morgan fingerprint density at radius 3 is 2.50 bits per heavy atom. The summed E-state index contributed by atoms with van der Waals surface area (Å²) in [5, 5.41) is 3.11. The van der Waals surface area contributed by atoms with Crippen molar-refractivity contribution in [2.24, 2.45) is 0 Å². The molecule has 108 valence electrons. The fourth-order valence-corrected chi connectivity index (χ4v) is 4.12. The summed E-state index contributed by atoms with van der Waals surface area (Å²) in [6.45, 7) is 9.41. The van der Waals surface area contributed by atoms with Crippen LogP contribution >= 0.6 is 0 Å². The summed E-state index contributed by atoms with van der Waals surface area (Å²) in [6.07, 6.45) is 4.17. The van der Waals surface area contributed by atoms with E-state index in [1.807, 2.05) is 0 Å². The first-order chi connectivity index (χ1) is 8.41. The van der Waals surface area contributed by atoms with Crippen LogP contribution < -0.4 is 5.32 Å². The third-order valence-electron chi connectivity index (χ3n) is 3.71. The van der Waals surface area contributed by atoms with Crippen molar-refractivity contribution in [3.8, 4) is 0 Å². The van der Waals surface area contributed by atoms with Gasteiger partial charge in [0.25, 0.3) is 0 Å². The maximum absolute atomic E-state index is 12.4. The number of hydrogen-bond donors (Lipinski definition) is 1. The van der Waals surface area contributed by atoms with Crippen LogP contribution in [0, 0.1) is 0 Å². The molecule has 18 heavy (non-hydrogen) atoms. The molecule has 0 spiro atoms. The molecule has 2 unspecified atom stereocenters. The van der Waals surface area contributed by atoms with Gasteiger partial charge in [-0.3, -0.25) is 0 Å². The lowest BCUT2D eigenvalue weighted by Crippen LogP contribution is -2.54. The first-order valence-corrected chi connectivity index (χ1v) is 8.65. The second-order valence-corrected chi connectivity index (χ2v) is 7.95. The highest BCUT2D eigenvalue weighted by molar-refractivity contribution is 7.89. The monoisotopic (exact) mass is 276 g/mol. The maximum Gasteiger partial charge on any atom is 0.216 e. The number of piperidine rings is 1. The molecular formula is C13H28N2O2S. The molecule has 5 heteroatoms. The average Bonchev–Trinajstić information content (AvgIpc) is 2.35. The summed E-state index contributed by atoms with van der Waals surface area (Å²) in [5.74, 6) is 0. The molecule has 0 amide bonds. The predicted octanol–water partition coefficient (Wildman–Crippen LogP) is 1.97. The van der Waals surface area contributed by atoms with Crippen LogP contribution in [0.15, 0.2) is 0 Å². The molecule has 1 heterocycles. The van der Waals surface area contributed by atoms with Gasteiger partial charge >= 0.3 is 0 Å². The molecular weight excluding hydrogens is 248 g/mol. The number of nitrogens with one attached hydrogen (secondary N) is 1. The summed E-state index contributed by atoms with van der Waals surface area (Å²) in [7, 11) is -3.13.